The van der Waals surface area contributed by atoms with Crippen molar-refractivity contribution in [3.05, 3.63) is 71.5 Å². The third-order valence-corrected chi connectivity index (χ3v) is 4.48. The van der Waals surface area contributed by atoms with E-state index in [1.54, 1.807) is 10.7 Å². The molecule has 1 aromatic heterocycles. The van der Waals surface area contributed by atoms with E-state index in [4.69, 9.17) is 9.47 Å². The van der Waals surface area contributed by atoms with Crippen molar-refractivity contribution in [2.24, 2.45) is 0 Å². The molecule has 0 saturated heterocycles. The zero-order valence-corrected chi connectivity index (χ0v) is 15.3. The minimum absolute atomic E-state index is 0.179. The lowest BCUT2D eigenvalue weighted by Crippen LogP contribution is -2.28. The Morgan fingerprint density at radius 2 is 1.81 bits per heavy atom. The molecule has 1 atom stereocenters. The molecule has 0 bridgehead atoms. The van der Waals surface area contributed by atoms with Crippen LogP contribution in [0.2, 0.25) is 0 Å². The van der Waals surface area contributed by atoms with Crippen LogP contribution in [-0.4, -0.2) is 28.9 Å². The minimum atomic E-state index is -0.187. The Balaban J connectivity index is 1.56. The summed E-state index contributed by atoms with van der Waals surface area (Å²) in [7, 11) is 0. The van der Waals surface area contributed by atoms with Crippen molar-refractivity contribution >= 4 is 5.91 Å². The van der Waals surface area contributed by atoms with Gasteiger partial charge >= 0.3 is 0 Å². The first kappa shape index (κ1) is 17.1. The molecule has 0 aliphatic carbocycles. The van der Waals surface area contributed by atoms with E-state index in [1.165, 1.54) is 0 Å². The zero-order valence-electron chi connectivity index (χ0n) is 15.3. The Labute approximate surface area is 157 Å². The van der Waals surface area contributed by atoms with Gasteiger partial charge in [0.2, 0.25) is 0 Å². The highest BCUT2D eigenvalue weighted by Gasteiger charge is 2.19. The topological polar surface area (TPSA) is 65.4 Å². The van der Waals surface area contributed by atoms with Gasteiger partial charge in [-0.3, -0.25) is 4.79 Å². The van der Waals surface area contributed by atoms with E-state index < -0.39 is 0 Å². The van der Waals surface area contributed by atoms with Crippen molar-refractivity contribution in [1.82, 2.24) is 15.1 Å². The molecule has 138 valence electrons. The van der Waals surface area contributed by atoms with E-state index in [2.05, 4.69) is 10.4 Å². The van der Waals surface area contributed by atoms with E-state index in [-0.39, 0.29) is 11.9 Å². The molecule has 1 N–H and O–H groups in total. The normalized spacial score (nSPS) is 13.9. The largest absolute Gasteiger partial charge is 0.486 e. The number of hydrogen-bond acceptors (Lipinski definition) is 4. The highest BCUT2D eigenvalue weighted by molar-refractivity contribution is 5.93. The lowest BCUT2D eigenvalue weighted by atomic mass is 10.1. The Morgan fingerprint density at radius 1 is 1.07 bits per heavy atom. The van der Waals surface area contributed by atoms with Crippen molar-refractivity contribution in [3.8, 4) is 17.2 Å². The molecule has 1 aliphatic heterocycles. The molecule has 27 heavy (non-hydrogen) atoms. The van der Waals surface area contributed by atoms with Gasteiger partial charge < -0.3 is 14.8 Å². The second kappa shape index (κ2) is 7.15. The number of amides is 1. The fraction of sp³-hybridized carbons (Fsp3) is 0.238. The number of carbonyl (C=O) groups is 1. The van der Waals surface area contributed by atoms with Gasteiger partial charge in [-0.2, -0.15) is 5.10 Å². The van der Waals surface area contributed by atoms with Crippen molar-refractivity contribution in [1.29, 1.82) is 0 Å². The third kappa shape index (κ3) is 3.51. The Morgan fingerprint density at radius 3 is 2.59 bits per heavy atom. The number of benzene rings is 2. The van der Waals surface area contributed by atoms with Gasteiger partial charge in [-0.1, -0.05) is 24.3 Å². The van der Waals surface area contributed by atoms with Crippen LogP contribution in [0.15, 0.2) is 54.6 Å². The second-order valence-electron chi connectivity index (χ2n) is 6.52. The SMILES string of the molecule is Cc1cc(C(=O)NC(C)c2ccc3c(c2)OCCO3)n(-c2ccccc2)n1. The molecule has 6 nitrogen and oxygen atoms in total. The molecule has 6 heteroatoms. The number of ether oxygens (including phenoxy) is 2. The molecule has 3 aromatic rings. The van der Waals surface area contributed by atoms with Gasteiger partial charge in [0.05, 0.1) is 17.4 Å². The highest BCUT2D eigenvalue weighted by atomic mass is 16.6. The summed E-state index contributed by atoms with van der Waals surface area (Å²) < 4.78 is 12.9. The van der Waals surface area contributed by atoms with Crippen LogP contribution < -0.4 is 14.8 Å². The van der Waals surface area contributed by atoms with Crippen LogP contribution in [0.1, 0.15) is 34.7 Å². The van der Waals surface area contributed by atoms with E-state index in [0.29, 0.717) is 24.7 Å². The summed E-state index contributed by atoms with van der Waals surface area (Å²) in [4.78, 5) is 12.9. The predicted molar refractivity (Wildman–Crippen MR) is 102 cm³/mol. The number of hydrogen-bond donors (Lipinski definition) is 1. The van der Waals surface area contributed by atoms with Gasteiger partial charge in [-0.05, 0) is 49.7 Å². The fourth-order valence-electron chi connectivity index (χ4n) is 3.11. The molecular formula is C21H21N3O3. The number of para-hydroxylation sites is 1. The first-order valence-corrected chi connectivity index (χ1v) is 8.94. The van der Waals surface area contributed by atoms with Crippen LogP contribution in [0, 0.1) is 6.92 Å². The maximum atomic E-state index is 12.9. The lowest BCUT2D eigenvalue weighted by molar-refractivity contribution is 0.0932. The number of aryl methyl sites for hydroxylation is 1. The van der Waals surface area contributed by atoms with Gasteiger partial charge in [0, 0.05) is 0 Å². The Bertz CT molecular complexity index is 966. The van der Waals surface area contributed by atoms with Gasteiger partial charge in [-0.15, -0.1) is 0 Å². The van der Waals surface area contributed by atoms with Gasteiger partial charge in [0.15, 0.2) is 11.5 Å². The number of nitrogens with one attached hydrogen (secondary N) is 1. The number of fused-ring (bicyclic) bond motifs is 1. The Kier molecular flexibility index (Phi) is 4.54. The van der Waals surface area contributed by atoms with Crippen LogP contribution in [0.3, 0.4) is 0 Å². The maximum Gasteiger partial charge on any atom is 0.270 e. The summed E-state index contributed by atoms with van der Waals surface area (Å²) >= 11 is 0. The summed E-state index contributed by atoms with van der Waals surface area (Å²) in [5, 5.41) is 7.51. The summed E-state index contributed by atoms with van der Waals surface area (Å²) in [6, 6.07) is 17.0. The average Bonchev–Trinajstić information content (AvgIpc) is 3.10. The molecule has 0 radical (unpaired) electrons. The summed E-state index contributed by atoms with van der Waals surface area (Å²) in [6.07, 6.45) is 0. The molecule has 2 aromatic carbocycles. The van der Waals surface area contributed by atoms with Crippen molar-refractivity contribution in [3.63, 3.8) is 0 Å². The lowest BCUT2D eigenvalue weighted by Gasteiger charge is -2.21. The summed E-state index contributed by atoms with van der Waals surface area (Å²) in [6.45, 7) is 4.91. The molecule has 1 unspecified atom stereocenters. The van der Waals surface area contributed by atoms with Crippen LogP contribution in [-0.2, 0) is 0 Å². The second-order valence-corrected chi connectivity index (χ2v) is 6.52. The molecule has 0 saturated carbocycles. The van der Waals surface area contributed by atoms with Gasteiger partial charge in [-0.25, -0.2) is 4.68 Å². The van der Waals surface area contributed by atoms with E-state index in [9.17, 15) is 4.79 Å². The Hall–Kier alpha value is -3.28. The van der Waals surface area contributed by atoms with Crippen molar-refractivity contribution in [2.75, 3.05) is 13.2 Å². The van der Waals surface area contributed by atoms with E-state index in [0.717, 1.165) is 22.7 Å². The minimum Gasteiger partial charge on any atom is -0.486 e. The van der Waals surface area contributed by atoms with Gasteiger partial charge in [0.1, 0.15) is 18.9 Å². The van der Waals surface area contributed by atoms with Gasteiger partial charge in [0.25, 0.3) is 5.91 Å². The quantitative estimate of drug-likeness (QED) is 0.771. The van der Waals surface area contributed by atoms with E-state index >= 15 is 0 Å². The number of nitrogens with zero attached hydrogens (tertiary/aromatic N) is 2. The average molecular weight is 363 g/mol. The molecular weight excluding hydrogens is 342 g/mol. The standard InChI is InChI=1S/C21H21N3O3/c1-14-12-18(24(23-14)17-6-4-3-5-7-17)21(25)22-15(2)16-8-9-19-20(13-16)27-11-10-26-19/h3-9,12-13,15H,10-11H2,1-2H3,(H,22,25). The molecule has 1 aliphatic rings. The first-order chi connectivity index (χ1) is 13.1. The van der Waals surface area contributed by atoms with E-state index in [1.807, 2.05) is 62.4 Å². The zero-order chi connectivity index (χ0) is 18.8. The number of carbonyl (C=O) groups excluding carboxylic acids is 1. The number of rotatable bonds is 4. The summed E-state index contributed by atoms with van der Waals surface area (Å²) in [5.74, 6) is 1.27. The molecule has 2 heterocycles. The van der Waals surface area contributed by atoms with Crippen molar-refractivity contribution in [2.45, 2.75) is 19.9 Å². The molecule has 4 rings (SSSR count). The van der Waals surface area contributed by atoms with Crippen LogP contribution in [0.5, 0.6) is 11.5 Å². The van der Waals surface area contributed by atoms with Crippen LogP contribution in [0.25, 0.3) is 5.69 Å². The third-order valence-electron chi connectivity index (χ3n) is 4.48. The number of aromatic nitrogens is 2. The molecule has 0 fully saturated rings. The highest BCUT2D eigenvalue weighted by Crippen LogP contribution is 2.32. The maximum absolute atomic E-state index is 12.9. The van der Waals surface area contributed by atoms with Crippen LogP contribution >= 0.6 is 0 Å². The summed E-state index contributed by atoms with van der Waals surface area (Å²) in [5.41, 5.74) is 3.09. The molecule has 1 amide bonds. The monoisotopic (exact) mass is 363 g/mol. The first-order valence-electron chi connectivity index (χ1n) is 8.94. The predicted octanol–water partition coefficient (Wildman–Crippen LogP) is 3.44. The molecule has 0 spiro atoms. The van der Waals surface area contributed by atoms with Crippen LogP contribution in [0.4, 0.5) is 0 Å². The smallest absolute Gasteiger partial charge is 0.270 e. The van der Waals surface area contributed by atoms with Crippen molar-refractivity contribution < 1.29 is 14.3 Å². The fourth-order valence-corrected chi connectivity index (χ4v) is 3.11.